The molecule has 0 fully saturated rings. The van der Waals surface area contributed by atoms with Crippen LogP contribution in [0, 0.1) is 5.41 Å². The highest BCUT2D eigenvalue weighted by Gasteiger charge is 2.08. The summed E-state index contributed by atoms with van der Waals surface area (Å²) in [7, 11) is 2.06. The van der Waals surface area contributed by atoms with Crippen LogP contribution in [0.3, 0.4) is 0 Å². The molecule has 0 saturated carbocycles. The molecule has 3 nitrogen and oxygen atoms in total. The number of amidine groups is 1. The first-order valence-corrected chi connectivity index (χ1v) is 7.37. The van der Waals surface area contributed by atoms with Crippen molar-refractivity contribution in [2.45, 2.75) is 19.3 Å². The van der Waals surface area contributed by atoms with E-state index in [4.69, 9.17) is 11.1 Å². The average molecular weight is 281 g/mol. The van der Waals surface area contributed by atoms with Gasteiger partial charge in [-0.15, -0.1) is 0 Å². The third kappa shape index (κ3) is 4.35. The van der Waals surface area contributed by atoms with Gasteiger partial charge in [0, 0.05) is 24.8 Å². The third-order valence-corrected chi connectivity index (χ3v) is 3.66. The van der Waals surface area contributed by atoms with E-state index in [1.54, 1.807) is 0 Å². The normalized spacial score (nSPS) is 10.3. The molecule has 110 valence electrons. The van der Waals surface area contributed by atoms with Crippen LogP contribution in [0.5, 0.6) is 0 Å². The molecular weight excluding hydrogens is 258 g/mol. The molecule has 0 bridgehead atoms. The lowest BCUT2D eigenvalue weighted by atomic mass is 10.1. The van der Waals surface area contributed by atoms with E-state index in [1.807, 2.05) is 24.3 Å². The summed E-state index contributed by atoms with van der Waals surface area (Å²) < 4.78 is 0. The van der Waals surface area contributed by atoms with E-state index in [2.05, 4.69) is 42.3 Å². The van der Waals surface area contributed by atoms with Crippen molar-refractivity contribution in [2.75, 3.05) is 18.5 Å². The molecule has 0 amide bonds. The molecule has 3 heteroatoms. The van der Waals surface area contributed by atoms with Gasteiger partial charge in [0.1, 0.15) is 5.84 Å². The highest BCUT2D eigenvalue weighted by molar-refractivity contribution is 6.00. The van der Waals surface area contributed by atoms with Gasteiger partial charge in [0.25, 0.3) is 0 Å². The molecule has 0 aliphatic carbocycles. The van der Waals surface area contributed by atoms with E-state index >= 15 is 0 Å². The summed E-state index contributed by atoms with van der Waals surface area (Å²) in [6.07, 6.45) is 3.40. The van der Waals surface area contributed by atoms with Crippen LogP contribution in [0.4, 0.5) is 5.69 Å². The van der Waals surface area contributed by atoms with Crippen LogP contribution < -0.4 is 10.6 Å². The smallest absolute Gasteiger partial charge is 0.124 e. The Morgan fingerprint density at radius 1 is 1.00 bits per heavy atom. The molecule has 2 aromatic rings. The second kappa shape index (κ2) is 7.48. The van der Waals surface area contributed by atoms with Gasteiger partial charge in [-0.05, 0) is 37.0 Å². The van der Waals surface area contributed by atoms with Crippen LogP contribution in [0.25, 0.3) is 0 Å². The molecule has 21 heavy (non-hydrogen) atoms. The minimum atomic E-state index is 0.127. The second-order valence-electron chi connectivity index (χ2n) is 5.30. The largest absolute Gasteiger partial charge is 0.384 e. The Morgan fingerprint density at radius 3 is 2.38 bits per heavy atom. The predicted octanol–water partition coefficient (Wildman–Crippen LogP) is 3.43. The quantitative estimate of drug-likeness (QED) is 0.464. The van der Waals surface area contributed by atoms with Crippen molar-refractivity contribution in [3.63, 3.8) is 0 Å². The Balaban J connectivity index is 1.85. The van der Waals surface area contributed by atoms with Gasteiger partial charge < -0.3 is 10.6 Å². The average Bonchev–Trinajstić information content (AvgIpc) is 2.52. The molecule has 0 aromatic heterocycles. The number of hydrogen-bond donors (Lipinski definition) is 2. The van der Waals surface area contributed by atoms with E-state index in [-0.39, 0.29) is 5.84 Å². The summed E-state index contributed by atoms with van der Waals surface area (Å²) in [6.45, 7) is 0.969. The Kier molecular flexibility index (Phi) is 5.38. The lowest BCUT2D eigenvalue weighted by molar-refractivity contribution is 0.719. The van der Waals surface area contributed by atoms with Gasteiger partial charge >= 0.3 is 0 Å². The summed E-state index contributed by atoms with van der Waals surface area (Å²) in [5, 5.41) is 7.65. The number of aryl methyl sites for hydroxylation is 1. The first kappa shape index (κ1) is 15.1. The summed E-state index contributed by atoms with van der Waals surface area (Å²) in [6, 6.07) is 18.4. The Hall–Kier alpha value is -2.29. The molecule has 0 atom stereocenters. The van der Waals surface area contributed by atoms with Crippen LogP contribution in [0.1, 0.15) is 24.0 Å². The van der Waals surface area contributed by atoms with Crippen LogP contribution in [-0.2, 0) is 6.42 Å². The maximum absolute atomic E-state index is 7.65. The second-order valence-corrected chi connectivity index (χ2v) is 5.30. The molecule has 0 spiro atoms. The van der Waals surface area contributed by atoms with Crippen LogP contribution >= 0.6 is 0 Å². The number of unbranched alkanes of at least 4 members (excludes halogenated alkanes) is 1. The van der Waals surface area contributed by atoms with Crippen molar-refractivity contribution in [2.24, 2.45) is 5.73 Å². The first-order valence-electron chi connectivity index (χ1n) is 7.37. The number of nitrogen functional groups attached to an aromatic ring is 1. The summed E-state index contributed by atoms with van der Waals surface area (Å²) in [4.78, 5) is 2.18. The van der Waals surface area contributed by atoms with E-state index in [9.17, 15) is 0 Å². The number of hydrogen-bond acceptors (Lipinski definition) is 2. The van der Waals surface area contributed by atoms with Crippen molar-refractivity contribution < 1.29 is 0 Å². The van der Waals surface area contributed by atoms with E-state index in [1.165, 1.54) is 5.56 Å². The molecule has 2 rings (SSSR count). The van der Waals surface area contributed by atoms with Gasteiger partial charge in [-0.2, -0.15) is 0 Å². The maximum atomic E-state index is 7.65. The molecule has 0 saturated heterocycles. The van der Waals surface area contributed by atoms with E-state index in [0.717, 1.165) is 37.1 Å². The number of nitrogens with two attached hydrogens (primary N) is 1. The van der Waals surface area contributed by atoms with Gasteiger partial charge in [0.15, 0.2) is 0 Å². The molecule has 0 aliphatic heterocycles. The van der Waals surface area contributed by atoms with Crippen molar-refractivity contribution >= 4 is 11.5 Å². The lowest BCUT2D eigenvalue weighted by Crippen LogP contribution is -2.23. The number of para-hydroxylation sites is 1. The molecular formula is C18H23N3. The highest BCUT2D eigenvalue weighted by atomic mass is 15.1. The molecule has 0 aliphatic rings. The van der Waals surface area contributed by atoms with Crippen molar-refractivity contribution in [3.05, 3.63) is 65.7 Å². The summed E-state index contributed by atoms with van der Waals surface area (Å²) in [5.74, 6) is 0.127. The van der Waals surface area contributed by atoms with Crippen molar-refractivity contribution in [1.29, 1.82) is 5.41 Å². The number of nitrogens with zero attached hydrogens (tertiary/aromatic N) is 1. The van der Waals surface area contributed by atoms with E-state index < -0.39 is 0 Å². The lowest BCUT2D eigenvalue weighted by Gasteiger charge is -2.22. The third-order valence-electron chi connectivity index (χ3n) is 3.66. The molecule has 0 heterocycles. The summed E-state index contributed by atoms with van der Waals surface area (Å²) in [5.41, 5.74) is 8.87. The van der Waals surface area contributed by atoms with Crippen LogP contribution in [-0.4, -0.2) is 19.4 Å². The van der Waals surface area contributed by atoms with Crippen LogP contribution in [0.15, 0.2) is 54.6 Å². The number of nitrogens with one attached hydrogen (secondary N) is 1. The number of benzene rings is 2. The fraction of sp³-hybridized carbons (Fsp3) is 0.278. The molecule has 2 aromatic carbocycles. The van der Waals surface area contributed by atoms with Gasteiger partial charge in [-0.1, -0.05) is 42.5 Å². The number of rotatable bonds is 7. The predicted molar refractivity (Wildman–Crippen MR) is 90.1 cm³/mol. The standard InChI is InChI=1S/C18H23N3/c1-21(17-13-6-5-12-16(17)18(19)20)14-8-7-11-15-9-3-2-4-10-15/h2-6,9-10,12-13H,7-8,11,14H2,1H3,(H3,19,20). The van der Waals surface area contributed by atoms with Crippen molar-refractivity contribution in [3.8, 4) is 0 Å². The Bertz CT molecular complexity index is 578. The molecule has 3 N–H and O–H groups in total. The maximum Gasteiger partial charge on any atom is 0.124 e. The Morgan fingerprint density at radius 2 is 1.67 bits per heavy atom. The van der Waals surface area contributed by atoms with Gasteiger partial charge in [0.05, 0.1) is 0 Å². The van der Waals surface area contributed by atoms with E-state index in [0.29, 0.717) is 0 Å². The minimum Gasteiger partial charge on any atom is -0.384 e. The fourth-order valence-electron chi connectivity index (χ4n) is 2.48. The fourth-order valence-corrected chi connectivity index (χ4v) is 2.48. The zero-order valence-electron chi connectivity index (χ0n) is 12.5. The van der Waals surface area contributed by atoms with Crippen molar-refractivity contribution in [1.82, 2.24) is 0 Å². The SMILES string of the molecule is CN(CCCCc1ccccc1)c1ccccc1C(=N)N. The van der Waals surface area contributed by atoms with Crippen LogP contribution in [0.2, 0.25) is 0 Å². The summed E-state index contributed by atoms with van der Waals surface area (Å²) >= 11 is 0. The first-order chi connectivity index (χ1) is 10.2. The minimum absolute atomic E-state index is 0.127. The van der Waals surface area contributed by atoms with Gasteiger partial charge in [0.2, 0.25) is 0 Å². The molecule has 0 radical (unpaired) electrons. The van der Waals surface area contributed by atoms with Gasteiger partial charge in [-0.3, -0.25) is 5.41 Å². The molecule has 0 unspecified atom stereocenters. The monoisotopic (exact) mass is 281 g/mol. The topological polar surface area (TPSA) is 53.1 Å². The highest BCUT2D eigenvalue weighted by Crippen LogP contribution is 2.19. The zero-order chi connectivity index (χ0) is 15.1. The zero-order valence-corrected chi connectivity index (χ0v) is 12.5. The van der Waals surface area contributed by atoms with Gasteiger partial charge in [-0.25, -0.2) is 0 Å². The Labute approximate surface area is 126 Å². The number of anilines is 1.